The van der Waals surface area contributed by atoms with Gasteiger partial charge in [0, 0.05) is 10.9 Å². The summed E-state index contributed by atoms with van der Waals surface area (Å²) in [6.07, 6.45) is 2.82. The first-order chi connectivity index (χ1) is 9.66. The van der Waals surface area contributed by atoms with Gasteiger partial charge in [0.2, 0.25) is 0 Å². The highest BCUT2D eigenvalue weighted by molar-refractivity contribution is 6.20. The van der Waals surface area contributed by atoms with Gasteiger partial charge in [0.25, 0.3) is 0 Å². The van der Waals surface area contributed by atoms with Crippen LogP contribution in [0.2, 0.25) is 0 Å². The third-order valence-corrected chi connectivity index (χ3v) is 3.69. The molecule has 2 aromatic carbocycles. The van der Waals surface area contributed by atoms with Gasteiger partial charge in [-0.15, -0.1) is 11.6 Å². The molecule has 0 fully saturated rings. The van der Waals surface area contributed by atoms with Crippen LogP contribution >= 0.6 is 11.6 Å². The lowest BCUT2D eigenvalue weighted by Crippen LogP contribution is -2.07. The topological polar surface area (TPSA) is 0 Å². The summed E-state index contributed by atoms with van der Waals surface area (Å²) >= 11 is 6.19. The van der Waals surface area contributed by atoms with Crippen LogP contribution in [-0.2, 0) is 12.8 Å². The Morgan fingerprint density at radius 1 is 0.900 bits per heavy atom. The van der Waals surface area contributed by atoms with Gasteiger partial charge in [-0.2, -0.15) is 0 Å². The Balaban J connectivity index is 1.82. The highest BCUT2D eigenvalue weighted by Gasteiger charge is 2.13. The second kappa shape index (κ2) is 7.39. The number of benzene rings is 2. The van der Waals surface area contributed by atoms with Crippen molar-refractivity contribution in [1.82, 2.24) is 0 Å². The maximum atomic E-state index is 13.5. The zero-order valence-corrected chi connectivity index (χ0v) is 11.9. The minimum absolute atomic E-state index is 0.0900. The molecular formula is C17H17ClF2. The monoisotopic (exact) mass is 294 g/mol. The molecule has 2 rings (SSSR count). The Bertz CT molecular complexity index is 520. The van der Waals surface area contributed by atoms with Gasteiger partial charge in [-0.1, -0.05) is 36.4 Å². The van der Waals surface area contributed by atoms with Gasteiger partial charge in [-0.05, 0) is 43.4 Å². The van der Waals surface area contributed by atoms with E-state index in [-0.39, 0.29) is 17.4 Å². The summed E-state index contributed by atoms with van der Waals surface area (Å²) in [6.45, 7) is 0. The lowest BCUT2D eigenvalue weighted by atomic mass is 10.0. The molecule has 0 radical (unpaired) electrons. The second-order valence-electron chi connectivity index (χ2n) is 4.88. The van der Waals surface area contributed by atoms with E-state index in [4.69, 9.17) is 11.6 Å². The summed E-state index contributed by atoms with van der Waals surface area (Å²) < 4.78 is 27.0. The van der Waals surface area contributed by atoms with Crippen molar-refractivity contribution in [2.24, 2.45) is 0 Å². The van der Waals surface area contributed by atoms with Gasteiger partial charge in [0.15, 0.2) is 0 Å². The molecule has 0 aromatic heterocycles. The Kier molecular flexibility index (Phi) is 5.54. The summed E-state index contributed by atoms with van der Waals surface area (Å²) in [6, 6.07) is 14.0. The molecule has 0 amide bonds. The van der Waals surface area contributed by atoms with Gasteiger partial charge >= 0.3 is 0 Å². The molecule has 1 atom stereocenters. The van der Waals surface area contributed by atoms with Crippen molar-refractivity contribution in [3.05, 3.63) is 71.3 Å². The van der Waals surface area contributed by atoms with E-state index in [1.165, 1.54) is 23.8 Å². The average molecular weight is 295 g/mol. The number of halogens is 3. The predicted molar refractivity (Wildman–Crippen MR) is 79.1 cm³/mol. The van der Waals surface area contributed by atoms with Crippen LogP contribution in [0.3, 0.4) is 0 Å². The molecule has 106 valence electrons. The number of alkyl halides is 1. The molecule has 2 aromatic rings. The van der Waals surface area contributed by atoms with E-state index in [1.807, 2.05) is 18.2 Å². The lowest BCUT2D eigenvalue weighted by Gasteiger charge is -2.11. The van der Waals surface area contributed by atoms with Crippen LogP contribution < -0.4 is 0 Å². The van der Waals surface area contributed by atoms with E-state index in [9.17, 15) is 8.78 Å². The third-order valence-electron chi connectivity index (χ3n) is 3.31. The van der Waals surface area contributed by atoms with Crippen LogP contribution in [0.25, 0.3) is 0 Å². The molecule has 0 saturated carbocycles. The molecule has 0 heterocycles. The van der Waals surface area contributed by atoms with Crippen molar-refractivity contribution in [2.75, 3.05) is 0 Å². The molecule has 0 bridgehead atoms. The highest BCUT2D eigenvalue weighted by Crippen LogP contribution is 2.19. The zero-order chi connectivity index (χ0) is 14.4. The maximum absolute atomic E-state index is 13.5. The predicted octanol–water partition coefficient (Wildman–Crippen LogP) is 5.14. The molecule has 0 aliphatic carbocycles. The summed E-state index contributed by atoms with van der Waals surface area (Å²) in [5, 5.41) is -0.245. The summed E-state index contributed by atoms with van der Waals surface area (Å²) in [7, 11) is 0. The SMILES string of the molecule is Fc1cccc(F)c1CC(Cl)CCCc1ccccc1. The molecular weight excluding hydrogens is 278 g/mol. The summed E-state index contributed by atoms with van der Waals surface area (Å²) in [4.78, 5) is 0. The van der Waals surface area contributed by atoms with E-state index >= 15 is 0 Å². The zero-order valence-electron chi connectivity index (χ0n) is 11.2. The Hall–Kier alpha value is -1.41. The molecule has 0 spiro atoms. The maximum Gasteiger partial charge on any atom is 0.129 e. The number of aryl methyl sites for hydroxylation is 1. The fraction of sp³-hybridized carbons (Fsp3) is 0.294. The van der Waals surface area contributed by atoms with Crippen molar-refractivity contribution < 1.29 is 8.78 Å². The number of hydrogen-bond donors (Lipinski definition) is 0. The first-order valence-electron chi connectivity index (χ1n) is 6.77. The normalized spacial score (nSPS) is 12.3. The number of hydrogen-bond acceptors (Lipinski definition) is 0. The molecule has 0 nitrogen and oxygen atoms in total. The average Bonchev–Trinajstić information content (AvgIpc) is 2.44. The van der Waals surface area contributed by atoms with E-state index in [2.05, 4.69) is 12.1 Å². The Labute approximate surface area is 123 Å². The highest BCUT2D eigenvalue weighted by atomic mass is 35.5. The molecule has 0 aliphatic heterocycles. The standard InChI is InChI=1S/C17H17ClF2/c18-14(9-4-8-13-6-2-1-3-7-13)12-15-16(19)10-5-11-17(15)20/h1-3,5-7,10-11,14H,4,8-9,12H2. The molecule has 20 heavy (non-hydrogen) atoms. The van der Waals surface area contributed by atoms with Crippen LogP contribution in [0.1, 0.15) is 24.0 Å². The van der Waals surface area contributed by atoms with E-state index in [1.54, 1.807) is 0 Å². The van der Waals surface area contributed by atoms with E-state index < -0.39 is 11.6 Å². The Morgan fingerprint density at radius 2 is 1.55 bits per heavy atom. The van der Waals surface area contributed by atoms with Crippen LogP contribution in [0.5, 0.6) is 0 Å². The molecule has 0 N–H and O–H groups in total. The summed E-state index contributed by atoms with van der Waals surface area (Å²) in [5.41, 5.74) is 1.35. The van der Waals surface area contributed by atoms with Crippen molar-refractivity contribution in [3.8, 4) is 0 Å². The van der Waals surface area contributed by atoms with Crippen LogP contribution in [0, 0.1) is 11.6 Å². The quantitative estimate of drug-likeness (QED) is 0.647. The molecule has 0 aliphatic rings. The first kappa shape index (κ1) is 15.0. The van der Waals surface area contributed by atoms with Crippen LogP contribution in [-0.4, -0.2) is 5.38 Å². The Morgan fingerprint density at radius 3 is 2.20 bits per heavy atom. The van der Waals surface area contributed by atoms with Crippen molar-refractivity contribution in [1.29, 1.82) is 0 Å². The van der Waals surface area contributed by atoms with E-state index in [0.29, 0.717) is 0 Å². The van der Waals surface area contributed by atoms with Crippen LogP contribution in [0.4, 0.5) is 8.78 Å². The third kappa shape index (κ3) is 4.31. The van der Waals surface area contributed by atoms with Crippen LogP contribution in [0.15, 0.2) is 48.5 Å². The fourth-order valence-corrected chi connectivity index (χ4v) is 2.53. The van der Waals surface area contributed by atoms with Gasteiger partial charge in [-0.25, -0.2) is 8.78 Å². The van der Waals surface area contributed by atoms with E-state index in [0.717, 1.165) is 19.3 Å². The number of rotatable bonds is 6. The van der Waals surface area contributed by atoms with Gasteiger partial charge in [0.1, 0.15) is 11.6 Å². The van der Waals surface area contributed by atoms with Crippen molar-refractivity contribution in [3.63, 3.8) is 0 Å². The summed E-state index contributed by atoms with van der Waals surface area (Å²) in [5.74, 6) is -1.03. The largest absolute Gasteiger partial charge is 0.207 e. The lowest BCUT2D eigenvalue weighted by molar-refractivity contribution is 0.545. The van der Waals surface area contributed by atoms with Gasteiger partial charge in [0.05, 0.1) is 0 Å². The molecule has 1 unspecified atom stereocenters. The fourth-order valence-electron chi connectivity index (χ4n) is 2.22. The minimum Gasteiger partial charge on any atom is -0.207 e. The minimum atomic E-state index is -0.515. The molecule has 3 heteroatoms. The second-order valence-corrected chi connectivity index (χ2v) is 5.50. The first-order valence-corrected chi connectivity index (χ1v) is 7.21. The van der Waals surface area contributed by atoms with Crippen molar-refractivity contribution >= 4 is 11.6 Å². The smallest absolute Gasteiger partial charge is 0.129 e. The van der Waals surface area contributed by atoms with Gasteiger partial charge in [-0.3, -0.25) is 0 Å². The van der Waals surface area contributed by atoms with Gasteiger partial charge < -0.3 is 0 Å². The van der Waals surface area contributed by atoms with Crippen molar-refractivity contribution in [2.45, 2.75) is 31.1 Å². The molecule has 0 saturated heterocycles.